The second kappa shape index (κ2) is 7.39. The Labute approximate surface area is 78.1 Å². The molecule has 0 bridgehead atoms. The second-order valence-corrected chi connectivity index (χ2v) is 4.19. The summed E-state index contributed by atoms with van der Waals surface area (Å²) >= 11 is 0. The predicted molar refractivity (Wildman–Crippen MR) is 57.3 cm³/mol. The van der Waals surface area contributed by atoms with Gasteiger partial charge in [-0.15, -0.1) is 0 Å². The first-order valence-electron chi connectivity index (χ1n) is 5.31. The van der Waals surface area contributed by atoms with Crippen LogP contribution in [0.5, 0.6) is 0 Å². The van der Waals surface area contributed by atoms with Crippen LogP contribution in [-0.4, -0.2) is 0 Å². The lowest BCUT2D eigenvalue weighted by atomic mass is 10.0. The Morgan fingerprint density at radius 2 is 1.75 bits per heavy atom. The Hall–Kier alpha value is -0.260. The van der Waals surface area contributed by atoms with Crippen molar-refractivity contribution in [3.63, 3.8) is 0 Å². The highest BCUT2D eigenvalue weighted by molar-refractivity contribution is 4.82. The van der Waals surface area contributed by atoms with E-state index < -0.39 is 0 Å². The molecule has 72 valence electrons. The van der Waals surface area contributed by atoms with Crippen molar-refractivity contribution in [3.05, 3.63) is 12.2 Å². The van der Waals surface area contributed by atoms with Crippen molar-refractivity contribution in [2.45, 2.75) is 53.4 Å². The summed E-state index contributed by atoms with van der Waals surface area (Å²) in [5.74, 6) is 1.71. The van der Waals surface area contributed by atoms with E-state index in [0.29, 0.717) is 0 Å². The topological polar surface area (TPSA) is 0 Å². The third-order valence-electron chi connectivity index (χ3n) is 2.30. The van der Waals surface area contributed by atoms with Gasteiger partial charge in [0.1, 0.15) is 0 Å². The zero-order valence-electron chi connectivity index (χ0n) is 9.14. The van der Waals surface area contributed by atoms with E-state index in [1.807, 2.05) is 0 Å². The van der Waals surface area contributed by atoms with Crippen LogP contribution < -0.4 is 0 Å². The monoisotopic (exact) mass is 168 g/mol. The molecule has 0 amide bonds. The molecule has 0 aromatic heterocycles. The van der Waals surface area contributed by atoms with Crippen molar-refractivity contribution in [1.29, 1.82) is 0 Å². The van der Waals surface area contributed by atoms with Crippen molar-refractivity contribution in [2.24, 2.45) is 11.8 Å². The van der Waals surface area contributed by atoms with Gasteiger partial charge in [0.2, 0.25) is 0 Å². The molecular weight excluding hydrogens is 144 g/mol. The highest BCUT2D eigenvalue weighted by atomic mass is 14.0. The molecule has 0 aromatic carbocycles. The minimum atomic E-state index is 0.810. The molecule has 0 saturated carbocycles. The van der Waals surface area contributed by atoms with E-state index in [4.69, 9.17) is 0 Å². The summed E-state index contributed by atoms with van der Waals surface area (Å²) in [4.78, 5) is 0. The third kappa shape index (κ3) is 7.84. The summed E-state index contributed by atoms with van der Waals surface area (Å²) in [6.45, 7) is 9.12. The van der Waals surface area contributed by atoms with Crippen molar-refractivity contribution in [2.75, 3.05) is 0 Å². The number of allylic oxidation sites excluding steroid dienone is 2. The van der Waals surface area contributed by atoms with Gasteiger partial charge in [-0.3, -0.25) is 0 Å². The van der Waals surface area contributed by atoms with Crippen LogP contribution in [0.15, 0.2) is 12.2 Å². The van der Waals surface area contributed by atoms with E-state index in [-0.39, 0.29) is 0 Å². The van der Waals surface area contributed by atoms with E-state index in [2.05, 4.69) is 39.8 Å². The Bertz CT molecular complexity index is 111. The van der Waals surface area contributed by atoms with Crippen molar-refractivity contribution in [3.8, 4) is 0 Å². The average molecular weight is 168 g/mol. The van der Waals surface area contributed by atoms with Crippen LogP contribution in [-0.2, 0) is 0 Å². The molecule has 0 fully saturated rings. The molecule has 0 N–H and O–H groups in total. The van der Waals surface area contributed by atoms with Gasteiger partial charge in [-0.05, 0) is 31.1 Å². The molecule has 0 radical (unpaired) electrons. The molecule has 0 saturated heterocycles. The van der Waals surface area contributed by atoms with Gasteiger partial charge >= 0.3 is 0 Å². The first-order valence-corrected chi connectivity index (χ1v) is 5.31. The molecule has 0 aromatic rings. The lowest BCUT2D eigenvalue weighted by molar-refractivity contribution is 0.521. The molecule has 0 spiro atoms. The molecule has 0 rings (SSSR count). The fourth-order valence-electron chi connectivity index (χ4n) is 1.07. The summed E-state index contributed by atoms with van der Waals surface area (Å²) in [5.41, 5.74) is 0. The lowest BCUT2D eigenvalue weighted by Crippen LogP contribution is -1.89. The van der Waals surface area contributed by atoms with Gasteiger partial charge in [0.25, 0.3) is 0 Å². The smallest absolute Gasteiger partial charge is 0.0327 e. The first-order chi connectivity index (χ1) is 5.66. The number of rotatable bonds is 6. The van der Waals surface area contributed by atoms with Gasteiger partial charge in [-0.2, -0.15) is 0 Å². The fraction of sp³-hybridized carbons (Fsp3) is 0.833. The maximum atomic E-state index is 2.34. The van der Waals surface area contributed by atoms with Gasteiger partial charge in [-0.25, -0.2) is 0 Å². The lowest BCUT2D eigenvalue weighted by Gasteiger charge is -2.04. The highest BCUT2D eigenvalue weighted by Gasteiger charge is 1.95. The quantitative estimate of drug-likeness (QED) is 0.515. The van der Waals surface area contributed by atoms with E-state index in [9.17, 15) is 0 Å². The molecule has 0 aliphatic heterocycles. The van der Waals surface area contributed by atoms with E-state index >= 15 is 0 Å². The summed E-state index contributed by atoms with van der Waals surface area (Å²) in [5, 5.41) is 0. The van der Waals surface area contributed by atoms with Crippen LogP contribution in [0, 0.1) is 11.8 Å². The second-order valence-electron chi connectivity index (χ2n) is 4.19. The minimum Gasteiger partial charge on any atom is -0.0885 e. The van der Waals surface area contributed by atoms with E-state index in [1.54, 1.807) is 0 Å². The number of hydrogen-bond acceptors (Lipinski definition) is 0. The molecular formula is C12H24. The summed E-state index contributed by atoms with van der Waals surface area (Å²) in [7, 11) is 0. The van der Waals surface area contributed by atoms with Crippen LogP contribution >= 0.6 is 0 Å². The first kappa shape index (κ1) is 11.7. The molecule has 0 heterocycles. The van der Waals surface area contributed by atoms with Gasteiger partial charge in [0.05, 0.1) is 0 Å². The Morgan fingerprint density at radius 1 is 1.08 bits per heavy atom. The van der Waals surface area contributed by atoms with Crippen molar-refractivity contribution < 1.29 is 0 Å². The van der Waals surface area contributed by atoms with E-state index in [0.717, 1.165) is 11.8 Å². The average Bonchev–Trinajstić information content (AvgIpc) is 2.03. The molecule has 0 aliphatic rings. The van der Waals surface area contributed by atoms with Crippen LogP contribution in [0.2, 0.25) is 0 Å². The largest absolute Gasteiger partial charge is 0.0885 e. The maximum Gasteiger partial charge on any atom is -0.0327 e. The van der Waals surface area contributed by atoms with Crippen LogP contribution in [0.3, 0.4) is 0 Å². The Morgan fingerprint density at radius 3 is 2.25 bits per heavy atom. The van der Waals surface area contributed by atoms with Crippen LogP contribution in [0.25, 0.3) is 0 Å². The highest BCUT2D eigenvalue weighted by Crippen LogP contribution is 2.10. The summed E-state index contributed by atoms with van der Waals surface area (Å²) < 4.78 is 0. The number of hydrogen-bond donors (Lipinski definition) is 0. The molecule has 12 heavy (non-hydrogen) atoms. The predicted octanol–water partition coefficient (Wildman–Crippen LogP) is 4.42. The maximum absolute atomic E-state index is 2.34. The van der Waals surface area contributed by atoms with Gasteiger partial charge in [0, 0.05) is 0 Å². The standard InChI is InChI=1S/C12H24/c1-5-12(4)10-8-6-7-9-11(2)3/h6-7,11-12H,5,8-10H2,1-4H3. The molecule has 1 atom stereocenters. The van der Waals surface area contributed by atoms with Gasteiger partial charge in [0.15, 0.2) is 0 Å². The normalized spacial score (nSPS) is 14.4. The molecule has 1 unspecified atom stereocenters. The van der Waals surface area contributed by atoms with Crippen LogP contribution in [0.4, 0.5) is 0 Å². The Balaban J connectivity index is 3.24. The minimum absolute atomic E-state index is 0.810. The fourth-order valence-corrected chi connectivity index (χ4v) is 1.07. The molecule has 0 heteroatoms. The zero-order chi connectivity index (χ0) is 9.40. The third-order valence-corrected chi connectivity index (χ3v) is 2.30. The van der Waals surface area contributed by atoms with Crippen molar-refractivity contribution in [1.82, 2.24) is 0 Å². The van der Waals surface area contributed by atoms with E-state index in [1.165, 1.54) is 25.7 Å². The molecule has 0 aliphatic carbocycles. The Kier molecular flexibility index (Phi) is 7.23. The zero-order valence-corrected chi connectivity index (χ0v) is 9.14. The molecule has 0 nitrogen and oxygen atoms in total. The van der Waals surface area contributed by atoms with Gasteiger partial charge < -0.3 is 0 Å². The van der Waals surface area contributed by atoms with Crippen molar-refractivity contribution >= 4 is 0 Å². The van der Waals surface area contributed by atoms with Crippen LogP contribution in [0.1, 0.15) is 53.4 Å². The summed E-state index contributed by atoms with van der Waals surface area (Å²) in [6.07, 6.45) is 9.84. The summed E-state index contributed by atoms with van der Waals surface area (Å²) in [6, 6.07) is 0. The SMILES string of the molecule is CCC(C)CCC=CCC(C)C. The van der Waals surface area contributed by atoms with Gasteiger partial charge in [-0.1, -0.05) is 46.3 Å².